The summed E-state index contributed by atoms with van der Waals surface area (Å²) in [4.78, 5) is 23.1. The quantitative estimate of drug-likeness (QED) is 0.681. The molecule has 0 spiro atoms. The van der Waals surface area contributed by atoms with Crippen molar-refractivity contribution in [2.75, 3.05) is 18.9 Å². The molecular weight excluding hydrogens is 242 g/mol. The molecule has 19 heavy (non-hydrogen) atoms. The minimum Gasteiger partial charge on any atom is -0.373 e. The lowest BCUT2D eigenvalue weighted by Gasteiger charge is -2.05. The van der Waals surface area contributed by atoms with E-state index in [0.717, 1.165) is 18.7 Å². The first-order valence-electron chi connectivity index (χ1n) is 6.20. The SMILES string of the molecule is CNc1cc(C(=O)NCCCc2ncc[nH]2)ccn1. The Hall–Kier alpha value is -2.37. The number of carbonyl (C=O) groups is 1. The molecule has 0 radical (unpaired) electrons. The van der Waals surface area contributed by atoms with Gasteiger partial charge in [0.2, 0.25) is 0 Å². The smallest absolute Gasteiger partial charge is 0.251 e. The third-order valence-corrected chi connectivity index (χ3v) is 2.71. The summed E-state index contributed by atoms with van der Waals surface area (Å²) in [6.45, 7) is 0.622. The zero-order chi connectivity index (χ0) is 13.5. The van der Waals surface area contributed by atoms with Gasteiger partial charge in [-0.05, 0) is 18.6 Å². The van der Waals surface area contributed by atoms with Crippen LogP contribution in [-0.4, -0.2) is 34.5 Å². The van der Waals surface area contributed by atoms with Crippen molar-refractivity contribution in [1.29, 1.82) is 0 Å². The van der Waals surface area contributed by atoms with Crippen molar-refractivity contribution in [1.82, 2.24) is 20.3 Å². The fraction of sp³-hybridized carbons (Fsp3) is 0.308. The zero-order valence-electron chi connectivity index (χ0n) is 10.8. The van der Waals surface area contributed by atoms with E-state index in [2.05, 4.69) is 25.6 Å². The summed E-state index contributed by atoms with van der Waals surface area (Å²) in [7, 11) is 1.77. The number of imidazole rings is 1. The van der Waals surface area contributed by atoms with Crippen LogP contribution in [0.3, 0.4) is 0 Å². The second-order valence-corrected chi connectivity index (χ2v) is 4.08. The van der Waals surface area contributed by atoms with Crippen LogP contribution in [0, 0.1) is 0 Å². The van der Waals surface area contributed by atoms with Gasteiger partial charge in [0.1, 0.15) is 11.6 Å². The summed E-state index contributed by atoms with van der Waals surface area (Å²) in [5.74, 6) is 1.54. The number of amides is 1. The Kier molecular flexibility index (Phi) is 4.49. The van der Waals surface area contributed by atoms with Crippen LogP contribution in [0.15, 0.2) is 30.7 Å². The number of nitrogens with zero attached hydrogens (tertiary/aromatic N) is 2. The van der Waals surface area contributed by atoms with E-state index in [9.17, 15) is 4.79 Å². The Morgan fingerprint density at radius 3 is 3.00 bits per heavy atom. The maximum atomic E-state index is 11.9. The predicted molar refractivity (Wildman–Crippen MR) is 73.0 cm³/mol. The van der Waals surface area contributed by atoms with Crippen LogP contribution in [0.25, 0.3) is 0 Å². The number of pyridine rings is 1. The number of aryl methyl sites for hydroxylation is 1. The van der Waals surface area contributed by atoms with Crippen molar-refractivity contribution in [2.24, 2.45) is 0 Å². The Labute approximate surface area is 111 Å². The van der Waals surface area contributed by atoms with E-state index >= 15 is 0 Å². The topological polar surface area (TPSA) is 82.7 Å². The molecule has 0 atom stereocenters. The predicted octanol–water partition coefficient (Wildman–Crippen LogP) is 1.21. The number of nitrogens with one attached hydrogen (secondary N) is 3. The van der Waals surface area contributed by atoms with E-state index in [1.165, 1.54) is 0 Å². The molecule has 6 heteroatoms. The molecule has 2 aromatic heterocycles. The van der Waals surface area contributed by atoms with Gasteiger partial charge in [-0.3, -0.25) is 4.79 Å². The highest BCUT2D eigenvalue weighted by Gasteiger charge is 2.05. The van der Waals surface area contributed by atoms with E-state index in [1.807, 2.05) is 0 Å². The van der Waals surface area contributed by atoms with Gasteiger partial charge in [-0.2, -0.15) is 0 Å². The largest absolute Gasteiger partial charge is 0.373 e. The van der Waals surface area contributed by atoms with Gasteiger partial charge in [-0.15, -0.1) is 0 Å². The fourth-order valence-corrected chi connectivity index (χ4v) is 1.70. The van der Waals surface area contributed by atoms with Gasteiger partial charge in [0, 0.05) is 44.2 Å². The molecule has 0 bridgehead atoms. The minimum absolute atomic E-state index is 0.0849. The summed E-state index contributed by atoms with van der Waals surface area (Å²) >= 11 is 0. The number of aromatic nitrogens is 3. The van der Waals surface area contributed by atoms with Crippen molar-refractivity contribution in [2.45, 2.75) is 12.8 Å². The monoisotopic (exact) mass is 259 g/mol. The molecule has 0 aromatic carbocycles. The third-order valence-electron chi connectivity index (χ3n) is 2.71. The van der Waals surface area contributed by atoms with Crippen LogP contribution < -0.4 is 10.6 Å². The maximum Gasteiger partial charge on any atom is 0.251 e. The summed E-state index contributed by atoms with van der Waals surface area (Å²) in [5.41, 5.74) is 0.609. The molecule has 0 unspecified atom stereocenters. The first-order chi connectivity index (χ1) is 9.29. The number of hydrogen-bond acceptors (Lipinski definition) is 4. The van der Waals surface area contributed by atoms with Gasteiger partial charge >= 0.3 is 0 Å². The Bertz CT molecular complexity index is 524. The minimum atomic E-state index is -0.0849. The normalized spacial score (nSPS) is 10.2. The van der Waals surface area contributed by atoms with Crippen LogP contribution in [0.4, 0.5) is 5.82 Å². The highest BCUT2D eigenvalue weighted by atomic mass is 16.1. The summed E-state index contributed by atoms with van der Waals surface area (Å²) in [6.07, 6.45) is 6.81. The van der Waals surface area contributed by atoms with E-state index in [0.29, 0.717) is 17.9 Å². The molecular formula is C13H17N5O. The van der Waals surface area contributed by atoms with Crippen LogP contribution in [0.2, 0.25) is 0 Å². The van der Waals surface area contributed by atoms with Crippen LogP contribution in [-0.2, 0) is 6.42 Å². The highest BCUT2D eigenvalue weighted by molar-refractivity contribution is 5.94. The van der Waals surface area contributed by atoms with Gasteiger partial charge < -0.3 is 15.6 Å². The van der Waals surface area contributed by atoms with Crippen molar-refractivity contribution in [3.05, 3.63) is 42.1 Å². The van der Waals surface area contributed by atoms with E-state index in [-0.39, 0.29) is 5.91 Å². The Morgan fingerprint density at radius 1 is 1.37 bits per heavy atom. The molecule has 2 aromatic rings. The van der Waals surface area contributed by atoms with Crippen molar-refractivity contribution in [3.63, 3.8) is 0 Å². The van der Waals surface area contributed by atoms with Crippen molar-refractivity contribution in [3.8, 4) is 0 Å². The Balaban J connectivity index is 1.77. The average molecular weight is 259 g/mol. The Morgan fingerprint density at radius 2 is 2.26 bits per heavy atom. The third kappa shape index (κ3) is 3.80. The molecule has 3 N–H and O–H groups in total. The van der Waals surface area contributed by atoms with Crippen LogP contribution >= 0.6 is 0 Å². The number of H-pyrrole nitrogens is 1. The second-order valence-electron chi connectivity index (χ2n) is 4.08. The van der Waals surface area contributed by atoms with Gasteiger partial charge in [-0.25, -0.2) is 9.97 Å². The second kappa shape index (κ2) is 6.53. The first kappa shape index (κ1) is 13.1. The van der Waals surface area contributed by atoms with Crippen molar-refractivity contribution < 1.29 is 4.79 Å². The zero-order valence-corrected chi connectivity index (χ0v) is 10.8. The fourth-order valence-electron chi connectivity index (χ4n) is 1.70. The molecule has 1 amide bonds. The molecule has 100 valence electrons. The van der Waals surface area contributed by atoms with E-state index in [4.69, 9.17) is 0 Å². The highest BCUT2D eigenvalue weighted by Crippen LogP contribution is 2.05. The number of hydrogen-bond donors (Lipinski definition) is 3. The molecule has 0 aliphatic carbocycles. The molecule has 0 aliphatic heterocycles. The summed E-state index contributed by atoms with van der Waals surface area (Å²) in [5, 5.41) is 5.78. The molecule has 2 heterocycles. The van der Waals surface area contributed by atoms with E-state index < -0.39 is 0 Å². The van der Waals surface area contributed by atoms with Crippen LogP contribution in [0.1, 0.15) is 22.6 Å². The standard InChI is InChI=1S/C13H17N5O/c1-14-12-9-10(4-6-15-12)13(19)18-5-2-3-11-16-7-8-17-11/h4,6-9H,2-3,5H2,1H3,(H,14,15)(H,16,17)(H,18,19). The van der Waals surface area contributed by atoms with Gasteiger partial charge in [0.25, 0.3) is 5.91 Å². The van der Waals surface area contributed by atoms with Gasteiger partial charge in [0.05, 0.1) is 0 Å². The number of anilines is 1. The van der Waals surface area contributed by atoms with E-state index in [1.54, 1.807) is 37.8 Å². The molecule has 0 saturated carbocycles. The first-order valence-corrected chi connectivity index (χ1v) is 6.20. The maximum absolute atomic E-state index is 11.9. The van der Waals surface area contributed by atoms with Crippen LogP contribution in [0.5, 0.6) is 0 Å². The molecule has 6 nitrogen and oxygen atoms in total. The number of carbonyl (C=O) groups excluding carboxylic acids is 1. The lowest BCUT2D eigenvalue weighted by molar-refractivity contribution is 0.0953. The average Bonchev–Trinajstić information content (AvgIpc) is 2.96. The molecule has 2 rings (SSSR count). The van der Waals surface area contributed by atoms with Gasteiger partial charge in [0.15, 0.2) is 0 Å². The molecule has 0 fully saturated rings. The van der Waals surface area contributed by atoms with Crippen molar-refractivity contribution >= 4 is 11.7 Å². The van der Waals surface area contributed by atoms with Gasteiger partial charge in [-0.1, -0.05) is 0 Å². The molecule has 0 aliphatic rings. The number of aromatic amines is 1. The summed E-state index contributed by atoms with van der Waals surface area (Å²) < 4.78 is 0. The lowest BCUT2D eigenvalue weighted by atomic mass is 10.2. The molecule has 0 saturated heterocycles. The lowest BCUT2D eigenvalue weighted by Crippen LogP contribution is -2.25. The summed E-state index contributed by atoms with van der Waals surface area (Å²) in [6, 6.07) is 3.42. The number of rotatable bonds is 6.